The molecule has 9 heteroatoms. The van der Waals surface area contributed by atoms with E-state index in [0.29, 0.717) is 36.6 Å². The van der Waals surface area contributed by atoms with Crippen molar-refractivity contribution in [2.24, 2.45) is 0 Å². The van der Waals surface area contributed by atoms with Crippen molar-refractivity contribution in [3.63, 3.8) is 0 Å². The highest BCUT2D eigenvalue weighted by molar-refractivity contribution is 6.33. The molecule has 3 N–H and O–H groups in total. The Morgan fingerprint density at radius 2 is 1.81 bits per heavy atom. The van der Waals surface area contributed by atoms with E-state index in [2.05, 4.69) is 26.1 Å². The van der Waals surface area contributed by atoms with Crippen LogP contribution in [-0.2, 0) is 6.42 Å². The smallest absolute Gasteiger partial charge is 0.314 e. The maximum absolute atomic E-state index is 12.0. The van der Waals surface area contributed by atoms with E-state index in [9.17, 15) is 9.59 Å². The van der Waals surface area contributed by atoms with E-state index in [1.165, 1.54) is 0 Å². The van der Waals surface area contributed by atoms with Crippen LogP contribution in [0, 0.1) is 0 Å². The highest BCUT2D eigenvalue weighted by Crippen LogP contribution is 2.14. The predicted octanol–water partition coefficient (Wildman–Crippen LogP) is 1.78. The third-order valence-corrected chi connectivity index (χ3v) is 3.98. The van der Waals surface area contributed by atoms with Crippen LogP contribution in [0.4, 0.5) is 4.79 Å². The van der Waals surface area contributed by atoms with E-state index in [4.69, 9.17) is 11.6 Å². The number of nitrogens with zero attached hydrogens (tertiary/aromatic N) is 3. The second kappa shape index (κ2) is 9.76. The summed E-state index contributed by atoms with van der Waals surface area (Å²) < 4.78 is 1.96. The minimum atomic E-state index is -0.299. The highest BCUT2D eigenvalue weighted by atomic mass is 35.5. The summed E-state index contributed by atoms with van der Waals surface area (Å²) in [4.78, 5) is 23.7. The Morgan fingerprint density at radius 3 is 2.54 bits per heavy atom. The van der Waals surface area contributed by atoms with Crippen LogP contribution < -0.4 is 16.0 Å². The average Bonchev–Trinajstić information content (AvgIpc) is 3.08. The van der Waals surface area contributed by atoms with Gasteiger partial charge in [0.15, 0.2) is 0 Å². The van der Waals surface area contributed by atoms with Crippen molar-refractivity contribution in [3.05, 3.63) is 47.0 Å². The van der Waals surface area contributed by atoms with E-state index in [0.717, 1.165) is 5.82 Å². The fourth-order valence-corrected chi connectivity index (χ4v) is 2.54. The zero-order valence-corrected chi connectivity index (χ0v) is 15.6. The van der Waals surface area contributed by atoms with Crippen LogP contribution in [-0.4, -0.2) is 46.3 Å². The lowest BCUT2D eigenvalue weighted by atomic mass is 10.2. The molecular weight excluding hydrogens is 356 g/mol. The largest absolute Gasteiger partial charge is 0.350 e. The maximum Gasteiger partial charge on any atom is 0.314 e. The minimum Gasteiger partial charge on any atom is -0.350 e. The fraction of sp³-hybridized carbons (Fsp3) is 0.412. The summed E-state index contributed by atoms with van der Waals surface area (Å²) >= 11 is 5.96. The Kier molecular flexibility index (Phi) is 7.40. The van der Waals surface area contributed by atoms with E-state index in [1.807, 2.05) is 18.4 Å². The zero-order chi connectivity index (χ0) is 18.9. The molecule has 0 bridgehead atoms. The zero-order valence-electron chi connectivity index (χ0n) is 14.8. The van der Waals surface area contributed by atoms with E-state index < -0.39 is 0 Å². The molecule has 0 atom stereocenters. The van der Waals surface area contributed by atoms with Gasteiger partial charge in [-0.15, -0.1) is 10.2 Å². The number of hydrogen-bond donors (Lipinski definition) is 3. The molecule has 8 nitrogen and oxygen atoms in total. The molecule has 2 rings (SSSR count). The van der Waals surface area contributed by atoms with Gasteiger partial charge in [0.05, 0.1) is 10.6 Å². The van der Waals surface area contributed by atoms with Crippen molar-refractivity contribution in [3.8, 4) is 0 Å². The van der Waals surface area contributed by atoms with Crippen molar-refractivity contribution in [2.45, 2.75) is 26.3 Å². The molecule has 0 radical (unpaired) electrons. The molecule has 0 aliphatic rings. The number of halogens is 1. The summed E-state index contributed by atoms with van der Waals surface area (Å²) in [5.74, 6) is 0.554. The van der Waals surface area contributed by atoms with Gasteiger partial charge in [-0.1, -0.05) is 23.7 Å². The summed E-state index contributed by atoms with van der Waals surface area (Å²) in [5, 5.41) is 16.5. The first kappa shape index (κ1) is 19.7. The third-order valence-electron chi connectivity index (χ3n) is 3.65. The molecule has 3 amide bonds. The Balaban J connectivity index is 1.63. The van der Waals surface area contributed by atoms with Crippen LogP contribution >= 0.6 is 11.6 Å². The van der Waals surface area contributed by atoms with Crippen molar-refractivity contribution in [1.29, 1.82) is 0 Å². The normalized spacial score (nSPS) is 10.6. The first-order valence-electron chi connectivity index (χ1n) is 8.42. The van der Waals surface area contributed by atoms with Crippen LogP contribution in [0.2, 0.25) is 5.02 Å². The van der Waals surface area contributed by atoms with Crippen molar-refractivity contribution in [1.82, 2.24) is 30.7 Å². The summed E-state index contributed by atoms with van der Waals surface area (Å²) in [5.41, 5.74) is 0.410. The van der Waals surface area contributed by atoms with E-state index >= 15 is 0 Å². The summed E-state index contributed by atoms with van der Waals surface area (Å²) in [6, 6.07) is 6.78. The number of carbonyl (C=O) groups is 2. The lowest BCUT2D eigenvalue weighted by Crippen LogP contribution is -2.41. The molecule has 0 spiro atoms. The van der Waals surface area contributed by atoms with Crippen LogP contribution in [0.15, 0.2) is 30.6 Å². The van der Waals surface area contributed by atoms with Gasteiger partial charge in [-0.05, 0) is 26.0 Å². The monoisotopic (exact) mass is 378 g/mol. The molecule has 0 aliphatic heterocycles. The van der Waals surface area contributed by atoms with Crippen LogP contribution in [0.25, 0.3) is 0 Å². The van der Waals surface area contributed by atoms with Gasteiger partial charge >= 0.3 is 6.03 Å². The minimum absolute atomic E-state index is 0.272. The number of rotatable bonds is 8. The fourth-order valence-electron chi connectivity index (χ4n) is 2.32. The van der Waals surface area contributed by atoms with Crippen molar-refractivity contribution >= 4 is 23.5 Å². The number of nitrogens with one attached hydrogen (secondary N) is 3. The molecular formula is C17H23ClN6O2. The number of urea groups is 1. The predicted molar refractivity (Wildman–Crippen MR) is 99.3 cm³/mol. The Labute approximate surface area is 157 Å². The number of aromatic nitrogens is 3. The number of amides is 3. The molecule has 0 unspecified atom stereocenters. The molecule has 2 aromatic rings. The summed E-state index contributed by atoms with van der Waals surface area (Å²) in [7, 11) is 0. The van der Waals surface area contributed by atoms with E-state index in [1.54, 1.807) is 30.6 Å². The van der Waals surface area contributed by atoms with Crippen molar-refractivity contribution < 1.29 is 9.59 Å². The van der Waals surface area contributed by atoms with Crippen LogP contribution in [0.3, 0.4) is 0 Å². The highest BCUT2D eigenvalue weighted by Gasteiger charge is 2.09. The summed E-state index contributed by atoms with van der Waals surface area (Å²) in [6.07, 6.45) is 2.27. The lowest BCUT2D eigenvalue weighted by Gasteiger charge is -2.11. The lowest BCUT2D eigenvalue weighted by molar-refractivity contribution is 0.0954. The Bertz CT molecular complexity index is 746. The molecule has 1 aromatic carbocycles. The van der Waals surface area contributed by atoms with Gasteiger partial charge in [0.1, 0.15) is 12.2 Å². The van der Waals surface area contributed by atoms with E-state index in [-0.39, 0.29) is 18.0 Å². The Morgan fingerprint density at radius 1 is 1.12 bits per heavy atom. The first-order valence-corrected chi connectivity index (χ1v) is 8.79. The Hall–Kier alpha value is -2.61. The molecule has 0 fully saturated rings. The van der Waals surface area contributed by atoms with Gasteiger partial charge in [0.25, 0.3) is 5.91 Å². The standard InChI is InChI=1S/C17H23ClN6O2/c1-12(2)24-11-22-23-15(24)7-8-20-17(26)21-10-9-19-16(25)13-5-3-4-6-14(13)18/h3-6,11-12H,7-10H2,1-2H3,(H,19,25)(H2,20,21,26). The van der Waals surface area contributed by atoms with Gasteiger partial charge in [0.2, 0.25) is 0 Å². The molecule has 26 heavy (non-hydrogen) atoms. The topological polar surface area (TPSA) is 101 Å². The number of benzene rings is 1. The van der Waals surface area contributed by atoms with Gasteiger partial charge < -0.3 is 20.5 Å². The van der Waals surface area contributed by atoms with Crippen LogP contribution in [0.1, 0.15) is 36.1 Å². The molecule has 1 aromatic heterocycles. The molecule has 0 saturated heterocycles. The van der Waals surface area contributed by atoms with Gasteiger partial charge in [0, 0.05) is 32.1 Å². The molecule has 1 heterocycles. The number of carbonyl (C=O) groups excluding carboxylic acids is 2. The third kappa shape index (κ3) is 5.73. The van der Waals surface area contributed by atoms with Gasteiger partial charge in [-0.25, -0.2) is 4.79 Å². The maximum atomic E-state index is 12.0. The second-order valence-corrected chi connectivity index (χ2v) is 6.32. The number of hydrogen-bond acceptors (Lipinski definition) is 4. The quantitative estimate of drug-likeness (QED) is 0.609. The first-order chi connectivity index (χ1) is 12.5. The molecule has 0 saturated carbocycles. The molecule has 140 valence electrons. The van der Waals surface area contributed by atoms with Gasteiger partial charge in [-0.2, -0.15) is 0 Å². The molecule has 0 aliphatic carbocycles. The van der Waals surface area contributed by atoms with Crippen molar-refractivity contribution in [2.75, 3.05) is 19.6 Å². The second-order valence-electron chi connectivity index (χ2n) is 5.92. The SMILES string of the molecule is CC(C)n1cnnc1CCNC(=O)NCCNC(=O)c1ccccc1Cl. The van der Waals surface area contributed by atoms with Crippen LogP contribution in [0.5, 0.6) is 0 Å². The summed E-state index contributed by atoms with van der Waals surface area (Å²) in [6.45, 7) is 5.15. The average molecular weight is 379 g/mol. The van der Waals surface area contributed by atoms with Gasteiger partial charge in [-0.3, -0.25) is 4.79 Å².